The normalized spacial score (nSPS) is 42.2. The van der Waals surface area contributed by atoms with Crippen LogP contribution in [0.25, 0.3) is 0 Å². The van der Waals surface area contributed by atoms with E-state index >= 15 is 0 Å². The SMILES string of the molecule is C=CC1CP1Cl. The van der Waals surface area contributed by atoms with Crippen molar-refractivity contribution in [2.45, 2.75) is 5.66 Å². The van der Waals surface area contributed by atoms with E-state index in [1.165, 1.54) is 6.16 Å². The predicted molar refractivity (Wildman–Crippen MR) is 31.6 cm³/mol. The van der Waals surface area contributed by atoms with Gasteiger partial charge >= 0.3 is 0 Å². The molecule has 1 fully saturated rings. The van der Waals surface area contributed by atoms with Crippen molar-refractivity contribution in [1.29, 1.82) is 0 Å². The molecule has 0 saturated carbocycles. The second-order valence-electron chi connectivity index (χ2n) is 1.39. The molecule has 2 unspecified atom stereocenters. The highest BCUT2D eigenvalue weighted by atomic mass is 35.7. The lowest BCUT2D eigenvalue weighted by Crippen LogP contribution is -1.63. The van der Waals surface area contributed by atoms with Crippen LogP contribution in [0.5, 0.6) is 0 Å². The lowest BCUT2D eigenvalue weighted by atomic mass is 10.5. The van der Waals surface area contributed by atoms with E-state index in [0.717, 1.165) is 0 Å². The van der Waals surface area contributed by atoms with Crippen molar-refractivity contribution in [3.05, 3.63) is 12.7 Å². The standard InChI is InChI=1S/C4H6ClP/c1-2-4-3-6(4)5/h2,4H,1,3H2. The van der Waals surface area contributed by atoms with Crippen LogP contribution >= 0.6 is 18.5 Å². The van der Waals surface area contributed by atoms with Gasteiger partial charge in [-0.1, -0.05) is 17.3 Å². The predicted octanol–water partition coefficient (Wildman–Crippen LogP) is 2.19. The van der Waals surface area contributed by atoms with Crippen LogP contribution in [-0.2, 0) is 0 Å². The van der Waals surface area contributed by atoms with Gasteiger partial charge in [0.05, 0.1) is 0 Å². The van der Waals surface area contributed by atoms with Gasteiger partial charge in [0.15, 0.2) is 0 Å². The molecule has 6 heavy (non-hydrogen) atoms. The van der Waals surface area contributed by atoms with E-state index < -0.39 is 0 Å². The van der Waals surface area contributed by atoms with Crippen LogP contribution in [0, 0.1) is 0 Å². The van der Waals surface area contributed by atoms with Gasteiger partial charge < -0.3 is 0 Å². The Balaban J connectivity index is 2.25. The van der Waals surface area contributed by atoms with Gasteiger partial charge in [-0.15, -0.1) is 6.58 Å². The van der Waals surface area contributed by atoms with Gasteiger partial charge in [-0.25, -0.2) is 0 Å². The van der Waals surface area contributed by atoms with Gasteiger partial charge in [-0.2, -0.15) is 0 Å². The molecule has 34 valence electrons. The summed E-state index contributed by atoms with van der Waals surface area (Å²) in [6.45, 7) is 3.60. The molecule has 0 aromatic heterocycles. The number of hydrogen-bond donors (Lipinski definition) is 0. The van der Waals surface area contributed by atoms with Crippen LogP contribution in [0.15, 0.2) is 12.7 Å². The maximum atomic E-state index is 5.65. The molecule has 0 radical (unpaired) electrons. The van der Waals surface area contributed by atoms with E-state index in [4.69, 9.17) is 11.2 Å². The van der Waals surface area contributed by atoms with Gasteiger partial charge in [0.1, 0.15) is 0 Å². The van der Waals surface area contributed by atoms with Crippen LogP contribution in [0.1, 0.15) is 0 Å². The third kappa shape index (κ3) is 0.746. The molecule has 1 rings (SSSR count). The van der Waals surface area contributed by atoms with Crippen molar-refractivity contribution in [2.24, 2.45) is 0 Å². The number of halogens is 1. The van der Waals surface area contributed by atoms with Gasteiger partial charge in [-0.05, 0) is 13.4 Å². The number of allylic oxidation sites excluding steroid dienone is 1. The van der Waals surface area contributed by atoms with Gasteiger partial charge in [-0.3, -0.25) is 0 Å². The van der Waals surface area contributed by atoms with Crippen molar-refractivity contribution >= 4 is 18.5 Å². The van der Waals surface area contributed by atoms with Crippen molar-refractivity contribution in [3.63, 3.8) is 0 Å². The summed E-state index contributed by atoms with van der Waals surface area (Å²) in [5, 5.41) is 0. The average molecular weight is 121 g/mol. The van der Waals surface area contributed by atoms with E-state index in [-0.39, 0.29) is 7.27 Å². The Hall–Kier alpha value is 0.460. The Morgan fingerprint density at radius 1 is 2.00 bits per heavy atom. The summed E-state index contributed by atoms with van der Waals surface area (Å²) >= 11 is 5.65. The highest BCUT2D eigenvalue weighted by Gasteiger charge is 2.31. The summed E-state index contributed by atoms with van der Waals surface area (Å²) in [7, 11) is -0.0797. The minimum Gasteiger partial charge on any atom is -0.102 e. The molecule has 0 aromatic rings. The molecule has 0 nitrogen and oxygen atoms in total. The minimum absolute atomic E-state index is 0.0797. The van der Waals surface area contributed by atoms with Crippen LogP contribution in [0.3, 0.4) is 0 Å². The monoisotopic (exact) mass is 120 g/mol. The Morgan fingerprint density at radius 3 is 2.50 bits per heavy atom. The largest absolute Gasteiger partial charge is 0.102 e. The maximum absolute atomic E-state index is 5.65. The first-order valence-electron chi connectivity index (χ1n) is 1.89. The Labute approximate surface area is 43.7 Å². The number of hydrogen-bond acceptors (Lipinski definition) is 0. The molecule has 2 heteroatoms. The van der Waals surface area contributed by atoms with Crippen molar-refractivity contribution in [2.75, 3.05) is 6.16 Å². The second kappa shape index (κ2) is 1.52. The molecule has 1 saturated heterocycles. The highest BCUT2D eigenvalue weighted by Crippen LogP contribution is 2.63. The van der Waals surface area contributed by atoms with Crippen LogP contribution in [0.2, 0.25) is 0 Å². The molecule has 0 N–H and O–H groups in total. The maximum Gasteiger partial charge on any atom is 0.0157 e. The van der Waals surface area contributed by atoms with Crippen LogP contribution < -0.4 is 0 Å². The van der Waals surface area contributed by atoms with E-state index in [2.05, 4.69) is 6.58 Å². The zero-order valence-corrected chi connectivity index (χ0v) is 5.04. The Kier molecular flexibility index (Phi) is 1.17. The summed E-state index contributed by atoms with van der Waals surface area (Å²) in [4.78, 5) is 0. The van der Waals surface area contributed by atoms with E-state index in [1.54, 1.807) is 0 Å². The molecule has 1 aliphatic heterocycles. The van der Waals surface area contributed by atoms with E-state index in [9.17, 15) is 0 Å². The van der Waals surface area contributed by atoms with Crippen LogP contribution in [0.4, 0.5) is 0 Å². The summed E-state index contributed by atoms with van der Waals surface area (Å²) < 4.78 is 0. The average Bonchev–Trinajstić information content (AvgIpc) is 2.19. The molecule has 2 atom stereocenters. The molecule has 0 aromatic carbocycles. The quantitative estimate of drug-likeness (QED) is 0.368. The van der Waals surface area contributed by atoms with Crippen molar-refractivity contribution in [1.82, 2.24) is 0 Å². The van der Waals surface area contributed by atoms with E-state index in [1.807, 2.05) is 6.08 Å². The zero-order valence-electron chi connectivity index (χ0n) is 3.39. The first kappa shape index (κ1) is 4.61. The van der Waals surface area contributed by atoms with Gasteiger partial charge in [0.25, 0.3) is 0 Å². The smallest absolute Gasteiger partial charge is 0.0157 e. The van der Waals surface area contributed by atoms with E-state index in [0.29, 0.717) is 5.66 Å². The third-order valence-electron chi connectivity index (χ3n) is 0.860. The molecule has 0 spiro atoms. The van der Waals surface area contributed by atoms with Crippen LogP contribution in [-0.4, -0.2) is 11.8 Å². The first-order valence-corrected chi connectivity index (χ1v) is 4.39. The van der Waals surface area contributed by atoms with Gasteiger partial charge in [0, 0.05) is 5.66 Å². The lowest BCUT2D eigenvalue weighted by Gasteiger charge is -1.69. The summed E-state index contributed by atoms with van der Waals surface area (Å²) in [5.41, 5.74) is 0.696. The zero-order chi connectivity index (χ0) is 4.57. The molecular formula is C4H6ClP. The molecule has 0 aliphatic carbocycles. The lowest BCUT2D eigenvalue weighted by molar-refractivity contribution is 1.42. The fraction of sp³-hybridized carbons (Fsp3) is 0.500. The number of rotatable bonds is 1. The summed E-state index contributed by atoms with van der Waals surface area (Å²) in [5.74, 6) is 0. The summed E-state index contributed by atoms with van der Waals surface area (Å²) in [6.07, 6.45) is 3.15. The molecular weight excluding hydrogens is 114 g/mol. The Bertz CT molecular complexity index is 71.9. The molecule has 0 amide bonds. The van der Waals surface area contributed by atoms with Gasteiger partial charge in [0.2, 0.25) is 0 Å². The fourth-order valence-electron chi connectivity index (χ4n) is 0.320. The highest BCUT2D eigenvalue weighted by molar-refractivity contribution is 7.90. The first-order chi connectivity index (χ1) is 2.84. The van der Waals surface area contributed by atoms with Crippen molar-refractivity contribution < 1.29 is 0 Å². The molecule has 0 bridgehead atoms. The summed E-state index contributed by atoms with van der Waals surface area (Å²) in [6, 6.07) is 0. The third-order valence-corrected chi connectivity index (χ3v) is 3.41. The molecule has 1 aliphatic rings. The second-order valence-corrected chi connectivity index (χ2v) is 4.52. The molecule has 1 heterocycles. The Morgan fingerprint density at radius 2 is 2.50 bits per heavy atom. The fourth-order valence-corrected chi connectivity index (χ4v) is 2.18. The minimum atomic E-state index is -0.0797. The van der Waals surface area contributed by atoms with Crippen molar-refractivity contribution in [3.8, 4) is 0 Å². The topological polar surface area (TPSA) is 0 Å².